The molecule has 0 spiro atoms. The summed E-state index contributed by atoms with van der Waals surface area (Å²) in [7, 11) is 0. The lowest BCUT2D eigenvalue weighted by Crippen LogP contribution is -2.18. The lowest BCUT2D eigenvalue weighted by atomic mass is 10.0. The summed E-state index contributed by atoms with van der Waals surface area (Å²) >= 11 is 1.83. The molecule has 1 aliphatic rings. The minimum atomic E-state index is 0.604. The van der Waals surface area contributed by atoms with E-state index in [2.05, 4.69) is 55.3 Å². The zero-order valence-corrected chi connectivity index (χ0v) is 11.6. The fourth-order valence-corrected chi connectivity index (χ4v) is 2.61. The van der Waals surface area contributed by atoms with Crippen molar-refractivity contribution in [2.45, 2.75) is 38.5 Å². The van der Waals surface area contributed by atoms with Crippen LogP contribution >= 0.6 is 11.8 Å². The van der Waals surface area contributed by atoms with E-state index in [1.165, 1.54) is 11.1 Å². The molecule has 1 aromatic rings. The number of nitrogens with one attached hydrogen (secondary N) is 1. The summed E-state index contributed by atoms with van der Waals surface area (Å²) in [5.41, 5.74) is 2.72. The van der Waals surface area contributed by atoms with Crippen LogP contribution in [0.3, 0.4) is 0 Å². The number of thioether (sulfide) groups is 1. The third kappa shape index (κ3) is 3.50. The van der Waals surface area contributed by atoms with Crippen molar-refractivity contribution in [3.8, 4) is 0 Å². The molecule has 2 rings (SSSR count). The molecule has 1 unspecified atom stereocenters. The van der Waals surface area contributed by atoms with Gasteiger partial charge in [-0.3, -0.25) is 4.99 Å². The van der Waals surface area contributed by atoms with E-state index < -0.39 is 0 Å². The molecule has 1 aromatic carbocycles. The zero-order valence-electron chi connectivity index (χ0n) is 10.7. The van der Waals surface area contributed by atoms with Gasteiger partial charge in [0.05, 0.1) is 6.54 Å². The number of aliphatic imine (C=N–C) groups is 1. The summed E-state index contributed by atoms with van der Waals surface area (Å²) in [6, 6.07) is 8.83. The average molecular weight is 248 g/mol. The molecule has 0 amide bonds. The Kier molecular flexibility index (Phi) is 4.11. The third-order valence-corrected chi connectivity index (χ3v) is 3.94. The molecule has 1 aliphatic heterocycles. The molecule has 0 fully saturated rings. The van der Waals surface area contributed by atoms with Crippen molar-refractivity contribution < 1.29 is 0 Å². The molecular weight excluding hydrogens is 228 g/mol. The molecule has 0 bridgehead atoms. The predicted octanol–water partition coefficient (Wildman–Crippen LogP) is 3.39. The first-order chi connectivity index (χ1) is 8.15. The van der Waals surface area contributed by atoms with Crippen LogP contribution in [0.4, 0.5) is 0 Å². The van der Waals surface area contributed by atoms with Crippen molar-refractivity contribution >= 4 is 16.9 Å². The zero-order chi connectivity index (χ0) is 12.3. The average Bonchev–Trinajstić information content (AvgIpc) is 2.73. The summed E-state index contributed by atoms with van der Waals surface area (Å²) < 4.78 is 0. The number of rotatable bonds is 3. The molecule has 2 nitrogen and oxygen atoms in total. The molecule has 0 radical (unpaired) electrons. The highest BCUT2D eigenvalue weighted by atomic mass is 32.2. The Labute approximate surface area is 108 Å². The molecule has 1 heterocycles. The Balaban J connectivity index is 1.87. The quantitative estimate of drug-likeness (QED) is 0.886. The van der Waals surface area contributed by atoms with Crippen LogP contribution in [0.1, 0.15) is 37.8 Å². The van der Waals surface area contributed by atoms with Crippen LogP contribution in [0, 0.1) is 0 Å². The summed E-state index contributed by atoms with van der Waals surface area (Å²) in [5, 5.41) is 5.10. The van der Waals surface area contributed by atoms with Crippen molar-refractivity contribution in [3.63, 3.8) is 0 Å². The van der Waals surface area contributed by atoms with Gasteiger partial charge < -0.3 is 5.32 Å². The monoisotopic (exact) mass is 248 g/mol. The van der Waals surface area contributed by atoms with Crippen molar-refractivity contribution in [2.75, 3.05) is 6.54 Å². The van der Waals surface area contributed by atoms with Gasteiger partial charge in [0.15, 0.2) is 5.17 Å². The van der Waals surface area contributed by atoms with Gasteiger partial charge >= 0.3 is 0 Å². The molecule has 1 atom stereocenters. The van der Waals surface area contributed by atoms with Crippen LogP contribution in [0.15, 0.2) is 29.3 Å². The maximum Gasteiger partial charge on any atom is 0.157 e. The maximum atomic E-state index is 4.45. The summed E-state index contributed by atoms with van der Waals surface area (Å²) in [6.07, 6.45) is 0. The van der Waals surface area contributed by atoms with Crippen molar-refractivity contribution in [2.24, 2.45) is 4.99 Å². The van der Waals surface area contributed by atoms with Gasteiger partial charge in [-0.2, -0.15) is 0 Å². The third-order valence-electron chi connectivity index (χ3n) is 2.89. The number of nitrogens with zero attached hydrogens (tertiary/aromatic N) is 1. The van der Waals surface area contributed by atoms with Gasteiger partial charge in [-0.05, 0) is 17.0 Å². The van der Waals surface area contributed by atoms with E-state index >= 15 is 0 Å². The largest absolute Gasteiger partial charge is 0.361 e. The molecule has 0 saturated heterocycles. The predicted molar refractivity (Wildman–Crippen MR) is 76.7 cm³/mol. The lowest BCUT2D eigenvalue weighted by Gasteiger charge is -2.08. The number of amidine groups is 1. The minimum absolute atomic E-state index is 0.604. The fraction of sp³-hybridized carbons (Fsp3) is 0.500. The normalized spacial score (nSPS) is 19.5. The van der Waals surface area contributed by atoms with Crippen LogP contribution in [-0.4, -0.2) is 17.0 Å². The molecule has 17 heavy (non-hydrogen) atoms. The van der Waals surface area contributed by atoms with E-state index in [1.54, 1.807) is 0 Å². The molecular formula is C14H20N2S. The Morgan fingerprint density at radius 1 is 1.35 bits per heavy atom. The van der Waals surface area contributed by atoms with Gasteiger partial charge in [0.1, 0.15) is 0 Å². The Morgan fingerprint density at radius 3 is 2.59 bits per heavy atom. The van der Waals surface area contributed by atoms with Crippen LogP contribution in [0.25, 0.3) is 0 Å². The first-order valence-electron chi connectivity index (χ1n) is 6.19. The van der Waals surface area contributed by atoms with Crippen LogP contribution in [0.2, 0.25) is 0 Å². The minimum Gasteiger partial charge on any atom is -0.361 e. The second kappa shape index (κ2) is 5.58. The van der Waals surface area contributed by atoms with Crippen LogP contribution in [0.5, 0.6) is 0 Å². The van der Waals surface area contributed by atoms with Gasteiger partial charge in [-0.1, -0.05) is 56.8 Å². The lowest BCUT2D eigenvalue weighted by molar-refractivity contribution is 0.860. The molecule has 1 N–H and O–H groups in total. The van der Waals surface area contributed by atoms with Gasteiger partial charge in [0, 0.05) is 11.8 Å². The number of hydrogen-bond acceptors (Lipinski definition) is 3. The van der Waals surface area contributed by atoms with Crippen molar-refractivity contribution in [1.29, 1.82) is 0 Å². The van der Waals surface area contributed by atoms with Gasteiger partial charge in [0.25, 0.3) is 0 Å². The fourth-order valence-electron chi connectivity index (χ4n) is 1.77. The van der Waals surface area contributed by atoms with Gasteiger partial charge in [-0.25, -0.2) is 0 Å². The standard InChI is InChI=1S/C14H20N2S/c1-10(2)13-6-4-12(5-7-13)9-16-14-15-8-11(3)17-14/h4-7,10-11H,8-9H2,1-3H3,(H,15,16). The molecule has 0 saturated carbocycles. The smallest absolute Gasteiger partial charge is 0.157 e. The molecule has 0 aromatic heterocycles. The highest BCUT2D eigenvalue weighted by molar-refractivity contribution is 8.14. The van der Waals surface area contributed by atoms with E-state index in [0.717, 1.165) is 18.3 Å². The molecule has 92 valence electrons. The van der Waals surface area contributed by atoms with Gasteiger partial charge in [0.2, 0.25) is 0 Å². The summed E-state index contributed by atoms with van der Waals surface area (Å²) in [4.78, 5) is 4.45. The summed E-state index contributed by atoms with van der Waals surface area (Å²) in [5.74, 6) is 0.604. The number of hydrogen-bond donors (Lipinski definition) is 1. The highest BCUT2D eigenvalue weighted by Gasteiger charge is 2.13. The maximum absolute atomic E-state index is 4.45. The van der Waals surface area contributed by atoms with Crippen molar-refractivity contribution in [3.05, 3.63) is 35.4 Å². The molecule has 3 heteroatoms. The second-order valence-electron chi connectivity index (χ2n) is 4.82. The highest BCUT2D eigenvalue weighted by Crippen LogP contribution is 2.19. The first kappa shape index (κ1) is 12.5. The Hall–Kier alpha value is -0.960. The topological polar surface area (TPSA) is 24.4 Å². The van der Waals surface area contributed by atoms with Gasteiger partial charge in [-0.15, -0.1) is 0 Å². The SMILES string of the molecule is CC1CN=C(NCc2ccc(C(C)C)cc2)S1. The van der Waals surface area contributed by atoms with E-state index in [1.807, 2.05) is 11.8 Å². The summed E-state index contributed by atoms with van der Waals surface area (Å²) in [6.45, 7) is 8.47. The van der Waals surface area contributed by atoms with E-state index in [0.29, 0.717) is 11.2 Å². The second-order valence-corrected chi connectivity index (χ2v) is 6.25. The van der Waals surface area contributed by atoms with E-state index in [-0.39, 0.29) is 0 Å². The Bertz CT molecular complexity index is 395. The Morgan fingerprint density at radius 2 is 2.06 bits per heavy atom. The number of benzene rings is 1. The van der Waals surface area contributed by atoms with Crippen LogP contribution < -0.4 is 5.32 Å². The van der Waals surface area contributed by atoms with Crippen LogP contribution in [-0.2, 0) is 6.54 Å². The van der Waals surface area contributed by atoms with E-state index in [9.17, 15) is 0 Å². The molecule has 0 aliphatic carbocycles. The van der Waals surface area contributed by atoms with E-state index in [4.69, 9.17) is 0 Å². The first-order valence-corrected chi connectivity index (χ1v) is 7.07. The van der Waals surface area contributed by atoms with Crippen molar-refractivity contribution in [1.82, 2.24) is 5.32 Å².